The lowest BCUT2D eigenvalue weighted by atomic mass is 9.99. The maximum absolute atomic E-state index is 12.9. The molecular weight excluding hydrogens is 401 g/mol. The zero-order valence-electron chi connectivity index (χ0n) is 16.7. The second kappa shape index (κ2) is 8.18. The molecule has 2 aromatic heterocycles. The number of benzene rings is 2. The SMILES string of the molecule is CCc1cc(-c2ccc(C(F)(F)F)cc2)cc(-c2cccc(-c3cnc(N)nc3)c2)n1. The fourth-order valence-corrected chi connectivity index (χ4v) is 3.28. The third-order valence-corrected chi connectivity index (χ3v) is 4.95. The minimum Gasteiger partial charge on any atom is -0.368 e. The third-order valence-electron chi connectivity index (χ3n) is 4.95. The number of nitrogen functional groups attached to an aromatic ring is 1. The van der Waals surface area contributed by atoms with Crippen molar-refractivity contribution in [1.29, 1.82) is 0 Å². The fourth-order valence-electron chi connectivity index (χ4n) is 3.28. The van der Waals surface area contributed by atoms with Crippen molar-refractivity contribution in [2.45, 2.75) is 19.5 Å². The Hall–Kier alpha value is -3.74. The van der Waals surface area contributed by atoms with Crippen LogP contribution in [0.1, 0.15) is 18.2 Å². The molecule has 0 saturated heterocycles. The smallest absolute Gasteiger partial charge is 0.368 e. The molecule has 0 fully saturated rings. The molecule has 2 heterocycles. The standard InChI is InChI=1S/C24H19F3N4/c1-2-21-11-18(15-6-8-20(9-7-15)24(25,26)27)12-22(31-21)17-5-3-4-16(10-17)19-13-29-23(28)30-14-19/h3-14H,2H2,1H3,(H2,28,29,30). The van der Waals surface area contributed by atoms with E-state index in [9.17, 15) is 13.2 Å². The van der Waals surface area contributed by atoms with E-state index in [0.717, 1.165) is 45.8 Å². The summed E-state index contributed by atoms with van der Waals surface area (Å²) >= 11 is 0. The van der Waals surface area contributed by atoms with Crippen molar-refractivity contribution in [1.82, 2.24) is 15.0 Å². The van der Waals surface area contributed by atoms with Crippen LogP contribution in [-0.2, 0) is 12.6 Å². The molecule has 0 bridgehead atoms. The van der Waals surface area contributed by atoms with Gasteiger partial charge in [0.25, 0.3) is 0 Å². The summed E-state index contributed by atoms with van der Waals surface area (Å²) in [5.41, 5.74) is 10.6. The summed E-state index contributed by atoms with van der Waals surface area (Å²) in [5, 5.41) is 0. The molecule has 2 aromatic carbocycles. The van der Waals surface area contributed by atoms with Crippen molar-refractivity contribution in [3.8, 4) is 33.5 Å². The van der Waals surface area contributed by atoms with Crippen LogP contribution in [0.15, 0.2) is 73.1 Å². The molecule has 0 atom stereocenters. The summed E-state index contributed by atoms with van der Waals surface area (Å²) in [4.78, 5) is 12.8. The summed E-state index contributed by atoms with van der Waals surface area (Å²) in [5.74, 6) is 0.207. The van der Waals surface area contributed by atoms with Crippen molar-refractivity contribution in [2.24, 2.45) is 0 Å². The normalized spacial score (nSPS) is 11.5. The molecular formula is C24H19F3N4. The Balaban J connectivity index is 1.75. The summed E-state index contributed by atoms with van der Waals surface area (Å²) in [6.45, 7) is 1.99. The van der Waals surface area contributed by atoms with E-state index in [1.807, 2.05) is 43.3 Å². The van der Waals surface area contributed by atoms with Gasteiger partial charge in [0.2, 0.25) is 5.95 Å². The van der Waals surface area contributed by atoms with Gasteiger partial charge in [-0.3, -0.25) is 4.98 Å². The van der Waals surface area contributed by atoms with E-state index < -0.39 is 11.7 Å². The average Bonchev–Trinajstić information content (AvgIpc) is 2.79. The zero-order chi connectivity index (χ0) is 22.0. The monoisotopic (exact) mass is 420 g/mol. The van der Waals surface area contributed by atoms with E-state index in [1.54, 1.807) is 12.4 Å². The van der Waals surface area contributed by atoms with Gasteiger partial charge in [0.05, 0.1) is 11.3 Å². The highest BCUT2D eigenvalue weighted by atomic mass is 19.4. The van der Waals surface area contributed by atoms with Gasteiger partial charge in [0, 0.05) is 29.2 Å². The predicted octanol–water partition coefficient (Wildman–Crippen LogP) is 6.04. The topological polar surface area (TPSA) is 64.7 Å². The first-order valence-electron chi connectivity index (χ1n) is 9.70. The van der Waals surface area contributed by atoms with Crippen LogP contribution in [0.2, 0.25) is 0 Å². The maximum atomic E-state index is 12.9. The van der Waals surface area contributed by atoms with Crippen LogP contribution in [0, 0.1) is 0 Å². The van der Waals surface area contributed by atoms with Crippen LogP contribution in [0.25, 0.3) is 33.5 Å². The molecule has 0 saturated carbocycles. The number of hydrogen-bond donors (Lipinski definition) is 1. The van der Waals surface area contributed by atoms with Crippen LogP contribution in [-0.4, -0.2) is 15.0 Å². The quantitative estimate of drug-likeness (QED) is 0.437. The molecule has 0 radical (unpaired) electrons. The number of alkyl halides is 3. The van der Waals surface area contributed by atoms with Crippen LogP contribution in [0.5, 0.6) is 0 Å². The second-order valence-corrected chi connectivity index (χ2v) is 7.07. The van der Waals surface area contributed by atoms with E-state index in [-0.39, 0.29) is 5.95 Å². The first-order chi connectivity index (χ1) is 14.8. The summed E-state index contributed by atoms with van der Waals surface area (Å²) in [7, 11) is 0. The number of rotatable bonds is 4. The van der Waals surface area contributed by atoms with Gasteiger partial charge >= 0.3 is 6.18 Å². The Kier molecular flexibility index (Phi) is 5.42. The summed E-state index contributed by atoms with van der Waals surface area (Å²) in [6, 6.07) is 16.8. The molecule has 0 aliphatic carbocycles. The van der Waals surface area contributed by atoms with E-state index in [0.29, 0.717) is 12.0 Å². The van der Waals surface area contributed by atoms with Gasteiger partial charge in [-0.2, -0.15) is 13.2 Å². The van der Waals surface area contributed by atoms with Crippen molar-refractivity contribution in [3.05, 3.63) is 84.3 Å². The van der Waals surface area contributed by atoms with Gasteiger partial charge in [0.1, 0.15) is 0 Å². The van der Waals surface area contributed by atoms with Gasteiger partial charge in [-0.15, -0.1) is 0 Å². The van der Waals surface area contributed by atoms with Gasteiger partial charge in [0.15, 0.2) is 0 Å². The number of hydrogen-bond acceptors (Lipinski definition) is 4. The van der Waals surface area contributed by atoms with Crippen LogP contribution >= 0.6 is 0 Å². The van der Waals surface area contributed by atoms with E-state index >= 15 is 0 Å². The van der Waals surface area contributed by atoms with Crippen LogP contribution in [0.3, 0.4) is 0 Å². The van der Waals surface area contributed by atoms with Crippen LogP contribution < -0.4 is 5.73 Å². The predicted molar refractivity (Wildman–Crippen MR) is 115 cm³/mol. The molecule has 0 aliphatic heterocycles. The number of pyridine rings is 1. The van der Waals surface area contributed by atoms with Gasteiger partial charge in [-0.25, -0.2) is 9.97 Å². The lowest BCUT2D eigenvalue weighted by Crippen LogP contribution is -2.04. The van der Waals surface area contributed by atoms with Crippen molar-refractivity contribution < 1.29 is 13.2 Å². The van der Waals surface area contributed by atoms with Crippen molar-refractivity contribution >= 4 is 5.95 Å². The van der Waals surface area contributed by atoms with Crippen molar-refractivity contribution in [3.63, 3.8) is 0 Å². The van der Waals surface area contributed by atoms with Gasteiger partial charge < -0.3 is 5.73 Å². The largest absolute Gasteiger partial charge is 0.416 e. The van der Waals surface area contributed by atoms with E-state index in [1.165, 1.54) is 12.1 Å². The molecule has 4 rings (SSSR count). The Morgan fingerprint density at radius 1 is 0.774 bits per heavy atom. The Morgan fingerprint density at radius 3 is 2.10 bits per heavy atom. The number of aryl methyl sites for hydroxylation is 1. The minimum atomic E-state index is -4.36. The number of anilines is 1. The second-order valence-electron chi connectivity index (χ2n) is 7.07. The molecule has 0 unspecified atom stereocenters. The molecule has 7 heteroatoms. The third kappa shape index (κ3) is 4.55. The maximum Gasteiger partial charge on any atom is 0.416 e. The molecule has 156 valence electrons. The Morgan fingerprint density at radius 2 is 1.45 bits per heavy atom. The van der Waals surface area contributed by atoms with Crippen molar-refractivity contribution in [2.75, 3.05) is 5.73 Å². The minimum absolute atomic E-state index is 0.207. The van der Waals surface area contributed by atoms with Gasteiger partial charge in [-0.05, 0) is 53.4 Å². The Bertz CT molecular complexity index is 1200. The van der Waals surface area contributed by atoms with E-state index in [4.69, 9.17) is 10.7 Å². The number of halogens is 3. The summed E-state index contributed by atoms with van der Waals surface area (Å²) in [6.07, 6.45) is -0.342. The highest BCUT2D eigenvalue weighted by Crippen LogP contribution is 2.33. The molecule has 0 spiro atoms. The van der Waals surface area contributed by atoms with E-state index in [2.05, 4.69) is 9.97 Å². The van der Waals surface area contributed by atoms with Crippen LogP contribution in [0.4, 0.5) is 19.1 Å². The first kappa shape index (κ1) is 20.5. The highest BCUT2D eigenvalue weighted by Gasteiger charge is 2.30. The number of nitrogens with zero attached hydrogens (tertiary/aromatic N) is 3. The lowest BCUT2D eigenvalue weighted by Gasteiger charge is -2.11. The molecule has 4 nitrogen and oxygen atoms in total. The number of aromatic nitrogens is 3. The summed E-state index contributed by atoms with van der Waals surface area (Å²) < 4.78 is 38.7. The molecule has 2 N–H and O–H groups in total. The Labute approximate surface area is 177 Å². The highest BCUT2D eigenvalue weighted by molar-refractivity contribution is 5.75. The van der Waals surface area contributed by atoms with Gasteiger partial charge in [-0.1, -0.05) is 37.3 Å². The fraction of sp³-hybridized carbons (Fsp3) is 0.125. The number of nitrogens with two attached hydrogens (primary N) is 1. The average molecular weight is 420 g/mol. The molecule has 0 aliphatic rings. The molecule has 31 heavy (non-hydrogen) atoms. The zero-order valence-corrected chi connectivity index (χ0v) is 16.7. The molecule has 0 amide bonds. The lowest BCUT2D eigenvalue weighted by molar-refractivity contribution is -0.137. The first-order valence-corrected chi connectivity index (χ1v) is 9.70. The molecule has 4 aromatic rings.